The van der Waals surface area contributed by atoms with Crippen molar-refractivity contribution in [2.75, 3.05) is 25.5 Å². The van der Waals surface area contributed by atoms with E-state index >= 15 is 4.39 Å². The molecule has 0 aromatic heterocycles. The Kier molecular flexibility index (Phi) is 10.5. The predicted octanol–water partition coefficient (Wildman–Crippen LogP) is 5.17. The first-order valence-corrected chi connectivity index (χ1v) is 15.3. The van der Waals surface area contributed by atoms with E-state index in [1.165, 1.54) is 6.07 Å². The first kappa shape index (κ1) is 30.3. The Morgan fingerprint density at radius 2 is 2.00 bits per heavy atom. The van der Waals surface area contributed by atoms with E-state index in [1.54, 1.807) is 53.7 Å². The molecular formula is C24H37BrFN3O4S2. The summed E-state index contributed by atoms with van der Waals surface area (Å²) in [6, 6.07) is 6.55. The number of halogens is 2. The van der Waals surface area contributed by atoms with Gasteiger partial charge in [-0.15, -0.1) is 0 Å². The molecule has 0 radical (unpaired) electrons. The molecule has 1 aromatic carbocycles. The molecule has 0 amide bonds. The lowest BCUT2D eigenvalue weighted by molar-refractivity contribution is -0.160. The van der Waals surface area contributed by atoms with Crippen LogP contribution in [0.1, 0.15) is 66.4 Å². The van der Waals surface area contributed by atoms with E-state index in [2.05, 4.69) is 31.1 Å². The molecule has 0 spiro atoms. The third-order valence-electron chi connectivity index (χ3n) is 5.78. The molecule has 1 fully saturated rings. The van der Waals surface area contributed by atoms with Crippen LogP contribution in [0.5, 0.6) is 0 Å². The number of nitriles is 1. The molecule has 1 saturated heterocycles. The molecule has 1 heterocycles. The lowest BCUT2D eigenvalue weighted by Crippen LogP contribution is -2.52. The fourth-order valence-electron chi connectivity index (χ4n) is 3.50. The molecule has 1 aliphatic heterocycles. The number of hydrogen-bond acceptors (Lipinski definition) is 6. The fraction of sp³-hybridized carbons (Fsp3) is 0.708. The minimum Gasteiger partial charge on any atom is -0.353 e. The fourth-order valence-corrected chi connectivity index (χ4v) is 7.15. The SMILES string of the molecule is CC(C)(C)S(=O)N[C@@](C)(CS(=O)(=NCCOC1CCCCO1)C(C)(C)C#N)c1cc(Br)ccc1F. The van der Waals surface area contributed by atoms with Gasteiger partial charge in [0, 0.05) is 16.6 Å². The third kappa shape index (κ3) is 8.04. The number of nitrogens with zero attached hydrogens (tertiary/aromatic N) is 2. The van der Waals surface area contributed by atoms with Gasteiger partial charge >= 0.3 is 0 Å². The first-order valence-electron chi connectivity index (χ1n) is 11.6. The van der Waals surface area contributed by atoms with Crippen LogP contribution in [0.25, 0.3) is 0 Å². The second kappa shape index (κ2) is 12.1. The molecule has 1 aromatic rings. The third-order valence-corrected chi connectivity index (χ3v) is 11.3. The van der Waals surface area contributed by atoms with Crippen LogP contribution in [0, 0.1) is 17.1 Å². The molecule has 1 N–H and O–H groups in total. The highest BCUT2D eigenvalue weighted by molar-refractivity contribution is 9.10. The van der Waals surface area contributed by atoms with E-state index in [-0.39, 0.29) is 30.8 Å². The van der Waals surface area contributed by atoms with Crippen molar-refractivity contribution in [3.05, 3.63) is 34.1 Å². The minimum absolute atomic E-state index is 0.0865. The summed E-state index contributed by atoms with van der Waals surface area (Å²) in [5.74, 6) is -0.765. The quantitative estimate of drug-likeness (QED) is 0.377. The number of ether oxygens (including phenoxy) is 2. The number of rotatable bonds is 10. The van der Waals surface area contributed by atoms with E-state index in [4.69, 9.17) is 9.47 Å². The largest absolute Gasteiger partial charge is 0.353 e. The first-order chi connectivity index (χ1) is 16.1. The number of nitrogens with one attached hydrogen (secondary N) is 1. The van der Waals surface area contributed by atoms with Gasteiger partial charge in [-0.25, -0.2) is 21.9 Å². The molecule has 4 atom stereocenters. The molecule has 2 rings (SSSR count). The van der Waals surface area contributed by atoms with Crippen molar-refractivity contribution in [3.8, 4) is 6.07 Å². The Balaban J connectivity index is 2.47. The maximum absolute atomic E-state index is 15.1. The lowest BCUT2D eigenvalue weighted by atomic mass is 9.95. The van der Waals surface area contributed by atoms with Gasteiger partial charge in [-0.2, -0.15) is 5.26 Å². The Hall–Kier alpha value is -0.900. The zero-order valence-electron chi connectivity index (χ0n) is 21.4. The van der Waals surface area contributed by atoms with Crippen molar-refractivity contribution in [1.82, 2.24) is 4.72 Å². The molecule has 35 heavy (non-hydrogen) atoms. The summed E-state index contributed by atoms with van der Waals surface area (Å²) in [4.78, 5) is 0. The van der Waals surface area contributed by atoms with Gasteiger partial charge in [-0.05, 0) is 79.0 Å². The normalized spacial score (nSPS) is 21.4. The topological polar surface area (TPSA) is 101 Å². The van der Waals surface area contributed by atoms with Gasteiger partial charge < -0.3 is 9.47 Å². The highest BCUT2D eigenvalue weighted by atomic mass is 79.9. The van der Waals surface area contributed by atoms with Gasteiger partial charge in [-0.3, -0.25) is 0 Å². The van der Waals surface area contributed by atoms with Crippen LogP contribution in [0.3, 0.4) is 0 Å². The van der Waals surface area contributed by atoms with Gasteiger partial charge in [0.2, 0.25) is 0 Å². The number of hydrogen-bond donors (Lipinski definition) is 1. The second-order valence-electron chi connectivity index (χ2n) is 10.4. The monoisotopic (exact) mass is 593 g/mol. The highest BCUT2D eigenvalue weighted by Gasteiger charge is 2.43. The van der Waals surface area contributed by atoms with Gasteiger partial charge in [0.15, 0.2) is 6.29 Å². The maximum Gasteiger partial charge on any atom is 0.157 e. The summed E-state index contributed by atoms with van der Waals surface area (Å²) in [7, 11) is -4.90. The Morgan fingerprint density at radius 1 is 1.31 bits per heavy atom. The van der Waals surface area contributed by atoms with Crippen LogP contribution in [-0.2, 0) is 35.7 Å². The Bertz CT molecular complexity index is 1070. The predicted molar refractivity (Wildman–Crippen MR) is 142 cm³/mol. The van der Waals surface area contributed by atoms with Crippen molar-refractivity contribution in [3.63, 3.8) is 0 Å². The maximum atomic E-state index is 15.1. The van der Waals surface area contributed by atoms with E-state index in [1.807, 2.05) is 0 Å². The molecule has 7 nitrogen and oxygen atoms in total. The minimum atomic E-state index is -3.28. The second-order valence-corrected chi connectivity index (χ2v) is 16.1. The smallest absolute Gasteiger partial charge is 0.157 e. The zero-order chi connectivity index (χ0) is 26.5. The molecule has 198 valence electrons. The molecule has 0 bridgehead atoms. The van der Waals surface area contributed by atoms with Crippen molar-refractivity contribution < 1.29 is 22.3 Å². The van der Waals surface area contributed by atoms with Crippen LogP contribution < -0.4 is 4.72 Å². The van der Waals surface area contributed by atoms with Crippen LogP contribution in [0.2, 0.25) is 0 Å². The van der Waals surface area contributed by atoms with E-state index in [0.29, 0.717) is 11.1 Å². The molecule has 11 heteroatoms. The Morgan fingerprint density at radius 3 is 2.57 bits per heavy atom. The summed E-state index contributed by atoms with van der Waals surface area (Å²) in [5.41, 5.74) is -1.17. The van der Waals surface area contributed by atoms with Crippen LogP contribution in [0.15, 0.2) is 27.0 Å². The molecule has 0 aliphatic carbocycles. The zero-order valence-corrected chi connectivity index (χ0v) is 24.6. The van der Waals surface area contributed by atoms with E-state index < -0.39 is 41.6 Å². The highest BCUT2D eigenvalue weighted by Crippen LogP contribution is 2.34. The molecular weight excluding hydrogens is 557 g/mol. The van der Waals surface area contributed by atoms with Crippen molar-refractivity contribution >= 4 is 36.6 Å². The van der Waals surface area contributed by atoms with Gasteiger partial charge in [-0.1, -0.05) is 15.9 Å². The average molecular weight is 595 g/mol. The molecule has 0 saturated carbocycles. The van der Waals surface area contributed by atoms with Gasteiger partial charge in [0.25, 0.3) is 0 Å². The van der Waals surface area contributed by atoms with Crippen molar-refractivity contribution in [2.45, 2.75) is 82.1 Å². The van der Waals surface area contributed by atoms with Crippen molar-refractivity contribution in [1.29, 1.82) is 5.26 Å². The van der Waals surface area contributed by atoms with Crippen molar-refractivity contribution in [2.24, 2.45) is 4.36 Å². The van der Waals surface area contributed by atoms with Gasteiger partial charge in [0.05, 0.1) is 56.0 Å². The van der Waals surface area contributed by atoms with Crippen LogP contribution in [0.4, 0.5) is 4.39 Å². The van der Waals surface area contributed by atoms with E-state index in [0.717, 1.165) is 19.3 Å². The summed E-state index contributed by atoms with van der Waals surface area (Å²) >= 11 is 3.37. The summed E-state index contributed by atoms with van der Waals surface area (Å²) in [5, 5.41) is 9.86. The van der Waals surface area contributed by atoms with Gasteiger partial charge in [0.1, 0.15) is 10.6 Å². The van der Waals surface area contributed by atoms with E-state index in [9.17, 15) is 13.7 Å². The molecule has 3 unspecified atom stereocenters. The Labute approximate surface area is 220 Å². The summed E-state index contributed by atoms with van der Waals surface area (Å²) in [6.45, 7) is 11.1. The summed E-state index contributed by atoms with van der Waals surface area (Å²) < 4.78 is 60.0. The average Bonchev–Trinajstić information content (AvgIpc) is 2.78. The molecule has 1 aliphatic rings. The standard InChI is InChI=1S/C24H37BrFN3O4S2/c1-22(2,3)34(30)29-24(6,19-15-18(25)10-11-20(19)26)17-35(31,23(4,5)16-27)28-12-14-33-21-9-7-8-13-32-21/h10-11,15,21,29H,7-9,12-14,17H2,1-6H3/t21?,24-,34?,35?/m0/s1. The van der Waals surface area contributed by atoms with Crippen LogP contribution >= 0.6 is 15.9 Å². The van der Waals surface area contributed by atoms with Crippen LogP contribution in [-0.4, -0.2) is 49.7 Å². The number of benzene rings is 1. The lowest BCUT2D eigenvalue weighted by Gasteiger charge is -2.37. The summed E-state index contributed by atoms with van der Waals surface area (Å²) in [6.07, 6.45) is 2.51.